The van der Waals surface area contributed by atoms with Gasteiger partial charge in [-0.2, -0.15) is 0 Å². The SMILES string of the molecule is CN(c1cc(Cl)nc(SCC(=O)N2CCN(c3cccc(Cl)c3)CC2)n1)C1CCCCC1. The van der Waals surface area contributed by atoms with Gasteiger partial charge in [-0.1, -0.05) is 60.3 Å². The molecule has 0 unspecified atom stereocenters. The third-order valence-corrected chi connectivity index (χ3v) is 7.54. The second-order valence-corrected chi connectivity index (χ2v) is 10.1. The number of piperazine rings is 1. The molecule has 9 heteroatoms. The molecule has 1 amide bonds. The quantitative estimate of drug-likeness (QED) is 0.320. The normalized spacial score (nSPS) is 17.5. The van der Waals surface area contributed by atoms with E-state index in [1.165, 1.54) is 43.9 Å². The van der Waals surface area contributed by atoms with Crippen LogP contribution >= 0.6 is 35.0 Å². The van der Waals surface area contributed by atoms with Gasteiger partial charge in [-0.05, 0) is 31.0 Å². The molecule has 1 aliphatic heterocycles. The van der Waals surface area contributed by atoms with Crippen LogP contribution in [0.3, 0.4) is 0 Å². The maximum Gasteiger partial charge on any atom is 0.233 e. The first-order valence-corrected chi connectivity index (χ1v) is 12.9. The number of carbonyl (C=O) groups is 1. The molecule has 1 aromatic carbocycles. The minimum atomic E-state index is 0.103. The fourth-order valence-electron chi connectivity index (χ4n) is 4.39. The number of benzene rings is 1. The monoisotopic (exact) mass is 493 g/mol. The van der Waals surface area contributed by atoms with Crippen molar-refractivity contribution in [3.05, 3.63) is 40.5 Å². The zero-order valence-corrected chi connectivity index (χ0v) is 20.7. The van der Waals surface area contributed by atoms with E-state index in [0.29, 0.717) is 35.2 Å². The minimum absolute atomic E-state index is 0.103. The smallest absolute Gasteiger partial charge is 0.233 e. The second kappa shape index (κ2) is 10.9. The summed E-state index contributed by atoms with van der Waals surface area (Å²) < 4.78 is 0. The van der Waals surface area contributed by atoms with E-state index >= 15 is 0 Å². The Balaban J connectivity index is 1.31. The molecule has 2 aromatic rings. The van der Waals surface area contributed by atoms with Gasteiger partial charge in [-0.25, -0.2) is 9.97 Å². The van der Waals surface area contributed by atoms with Gasteiger partial charge in [-0.3, -0.25) is 4.79 Å². The first kappa shape index (κ1) is 23.5. The highest BCUT2D eigenvalue weighted by atomic mass is 35.5. The predicted octanol–water partition coefficient (Wildman–Crippen LogP) is 4.99. The minimum Gasteiger partial charge on any atom is -0.368 e. The van der Waals surface area contributed by atoms with E-state index in [0.717, 1.165) is 29.6 Å². The number of halogens is 2. The average molecular weight is 494 g/mol. The lowest BCUT2D eigenvalue weighted by Crippen LogP contribution is -2.49. The number of thioether (sulfide) groups is 1. The lowest BCUT2D eigenvalue weighted by atomic mass is 9.94. The van der Waals surface area contributed by atoms with Gasteiger partial charge in [-0.15, -0.1) is 0 Å². The summed E-state index contributed by atoms with van der Waals surface area (Å²) in [4.78, 5) is 28.2. The first-order valence-electron chi connectivity index (χ1n) is 11.2. The van der Waals surface area contributed by atoms with Gasteiger partial charge in [0.15, 0.2) is 5.16 Å². The van der Waals surface area contributed by atoms with Crippen LogP contribution in [0.25, 0.3) is 0 Å². The third kappa shape index (κ3) is 6.00. The first-order chi connectivity index (χ1) is 15.5. The fourth-order valence-corrected chi connectivity index (χ4v) is 5.56. The van der Waals surface area contributed by atoms with Gasteiger partial charge in [0.2, 0.25) is 5.91 Å². The number of nitrogens with zero attached hydrogens (tertiary/aromatic N) is 5. The van der Waals surface area contributed by atoms with Crippen molar-refractivity contribution in [2.24, 2.45) is 0 Å². The second-order valence-electron chi connectivity index (χ2n) is 8.37. The maximum absolute atomic E-state index is 12.8. The summed E-state index contributed by atoms with van der Waals surface area (Å²) in [5, 5.41) is 1.70. The molecule has 172 valence electrons. The highest BCUT2D eigenvalue weighted by Gasteiger charge is 2.23. The number of anilines is 2. The maximum atomic E-state index is 12.8. The molecule has 0 N–H and O–H groups in total. The third-order valence-electron chi connectivity index (χ3n) is 6.28. The van der Waals surface area contributed by atoms with Gasteiger partial charge in [0.25, 0.3) is 0 Å². The molecule has 2 heterocycles. The Labute approximate surface area is 204 Å². The molecule has 0 atom stereocenters. The van der Waals surface area contributed by atoms with Gasteiger partial charge >= 0.3 is 0 Å². The topological polar surface area (TPSA) is 52.6 Å². The zero-order valence-electron chi connectivity index (χ0n) is 18.3. The highest BCUT2D eigenvalue weighted by Crippen LogP contribution is 2.28. The summed E-state index contributed by atoms with van der Waals surface area (Å²) in [5.41, 5.74) is 1.10. The van der Waals surface area contributed by atoms with Crippen LogP contribution in [0.2, 0.25) is 10.2 Å². The van der Waals surface area contributed by atoms with Crippen LogP contribution in [0.15, 0.2) is 35.5 Å². The molecule has 0 radical (unpaired) electrons. The van der Waals surface area contributed by atoms with Crippen molar-refractivity contribution >= 4 is 52.4 Å². The van der Waals surface area contributed by atoms with E-state index in [4.69, 9.17) is 23.2 Å². The van der Waals surface area contributed by atoms with Crippen molar-refractivity contribution in [2.75, 3.05) is 48.8 Å². The fraction of sp³-hybridized carbons (Fsp3) is 0.522. The van der Waals surface area contributed by atoms with Crippen molar-refractivity contribution in [3.8, 4) is 0 Å². The lowest BCUT2D eigenvalue weighted by molar-refractivity contribution is -0.128. The van der Waals surface area contributed by atoms with Gasteiger partial charge < -0.3 is 14.7 Å². The number of carbonyl (C=O) groups excluding carboxylic acids is 1. The number of aromatic nitrogens is 2. The van der Waals surface area contributed by atoms with Crippen LogP contribution < -0.4 is 9.80 Å². The Morgan fingerprint density at radius 1 is 1.09 bits per heavy atom. The molecule has 1 aromatic heterocycles. The van der Waals surface area contributed by atoms with Crippen molar-refractivity contribution in [3.63, 3.8) is 0 Å². The Hall–Kier alpha value is -1.70. The highest BCUT2D eigenvalue weighted by molar-refractivity contribution is 7.99. The van der Waals surface area contributed by atoms with E-state index in [2.05, 4.69) is 32.9 Å². The lowest BCUT2D eigenvalue weighted by Gasteiger charge is -2.36. The summed E-state index contributed by atoms with van der Waals surface area (Å²) in [5.74, 6) is 1.25. The van der Waals surface area contributed by atoms with Crippen LogP contribution in [-0.4, -0.2) is 65.8 Å². The van der Waals surface area contributed by atoms with Crippen molar-refractivity contribution in [2.45, 2.75) is 43.3 Å². The predicted molar refractivity (Wildman–Crippen MR) is 133 cm³/mol. The standard InChI is InChI=1S/C23H29Cl2N5OS/c1-28(18-7-3-2-4-8-18)21-15-20(25)26-23(27-21)32-16-22(31)30-12-10-29(11-13-30)19-9-5-6-17(24)14-19/h5-6,9,14-15,18H,2-4,7-8,10-13,16H2,1H3. The molecule has 1 saturated carbocycles. The molecule has 4 rings (SSSR count). The number of amides is 1. The number of rotatable bonds is 6. The van der Waals surface area contributed by atoms with Gasteiger partial charge in [0, 0.05) is 56.0 Å². The molecular formula is C23H29Cl2N5OS. The molecule has 1 saturated heterocycles. The van der Waals surface area contributed by atoms with Crippen LogP contribution in [0.5, 0.6) is 0 Å². The van der Waals surface area contributed by atoms with E-state index in [9.17, 15) is 4.79 Å². The van der Waals surface area contributed by atoms with Crippen LogP contribution in [-0.2, 0) is 4.79 Å². The van der Waals surface area contributed by atoms with Crippen molar-refractivity contribution in [1.82, 2.24) is 14.9 Å². The van der Waals surface area contributed by atoms with Gasteiger partial charge in [0.05, 0.1) is 5.75 Å². The molecular weight excluding hydrogens is 465 g/mol. The van der Waals surface area contributed by atoms with E-state index < -0.39 is 0 Å². The summed E-state index contributed by atoms with van der Waals surface area (Å²) in [6.45, 7) is 2.97. The van der Waals surface area contributed by atoms with Crippen LogP contribution in [0.1, 0.15) is 32.1 Å². The molecule has 0 bridgehead atoms. The number of hydrogen-bond acceptors (Lipinski definition) is 6. The van der Waals surface area contributed by atoms with Crippen molar-refractivity contribution < 1.29 is 4.79 Å². The zero-order chi connectivity index (χ0) is 22.5. The molecule has 32 heavy (non-hydrogen) atoms. The summed E-state index contributed by atoms with van der Waals surface area (Å²) in [7, 11) is 2.08. The van der Waals surface area contributed by atoms with E-state index in [1.807, 2.05) is 29.2 Å². The Kier molecular flexibility index (Phi) is 8.02. The molecule has 0 spiro atoms. The van der Waals surface area contributed by atoms with Crippen LogP contribution in [0.4, 0.5) is 11.5 Å². The molecule has 1 aliphatic carbocycles. The van der Waals surface area contributed by atoms with E-state index in [1.54, 1.807) is 0 Å². The van der Waals surface area contributed by atoms with E-state index in [-0.39, 0.29) is 5.91 Å². The Morgan fingerprint density at radius 3 is 2.56 bits per heavy atom. The van der Waals surface area contributed by atoms with Gasteiger partial charge in [0.1, 0.15) is 11.0 Å². The Morgan fingerprint density at radius 2 is 1.84 bits per heavy atom. The summed E-state index contributed by atoms with van der Waals surface area (Å²) >= 11 is 13.7. The Bertz CT molecular complexity index is 932. The molecule has 2 fully saturated rings. The average Bonchev–Trinajstić information content (AvgIpc) is 2.82. The summed E-state index contributed by atoms with van der Waals surface area (Å²) in [6.07, 6.45) is 6.19. The number of hydrogen-bond donors (Lipinski definition) is 0. The van der Waals surface area contributed by atoms with Crippen molar-refractivity contribution in [1.29, 1.82) is 0 Å². The molecule has 2 aliphatic rings. The largest absolute Gasteiger partial charge is 0.368 e. The summed E-state index contributed by atoms with van der Waals surface area (Å²) in [6, 6.07) is 10.2. The van der Waals surface area contributed by atoms with Crippen LogP contribution in [0, 0.1) is 0 Å². The molecule has 6 nitrogen and oxygen atoms in total.